The summed E-state index contributed by atoms with van der Waals surface area (Å²) in [5, 5.41) is 13.3. The van der Waals surface area contributed by atoms with Crippen molar-refractivity contribution in [3.8, 4) is 10.4 Å². The Balaban J connectivity index is 1.41. The highest BCUT2D eigenvalue weighted by molar-refractivity contribution is 7.13. The monoisotopic (exact) mass is 495 g/mol. The van der Waals surface area contributed by atoms with Crippen LogP contribution in [0.3, 0.4) is 0 Å². The standard InChI is InChI=1S/C25H29N5O4S/c1-14-21(35-13-26-14)16-6-8-17(9-7-16)25(3)24(34)27-22(28-25)20-11-18(32)12-30(20)23(33)19-5-4-10-29(19)15(2)31/h6-9,13,18-20,32H,4-5,10-12H2,1-3H3,(H,27,28,34)/t18-,19+,20+,25+/m1/s1. The molecule has 2 N–H and O–H groups in total. The van der Waals surface area contributed by atoms with Crippen molar-refractivity contribution >= 4 is 34.9 Å². The number of carbonyl (C=O) groups excluding carboxylic acids is 3. The molecule has 35 heavy (non-hydrogen) atoms. The number of amides is 3. The topological polar surface area (TPSA) is 115 Å². The number of likely N-dealkylation sites (tertiary alicyclic amines) is 2. The zero-order valence-electron chi connectivity index (χ0n) is 20.0. The van der Waals surface area contributed by atoms with Crippen LogP contribution in [0.25, 0.3) is 10.4 Å². The minimum atomic E-state index is -1.14. The Hall–Kier alpha value is -3.11. The van der Waals surface area contributed by atoms with Gasteiger partial charge in [0.05, 0.1) is 28.2 Å². The number of benzene rings is 1. The fourth-order valence-corrected chi connectivity index (χ4v) is 6.16. The number of rotatable bonds is 4. The van der Waals surface area contributed by atoms with Crippen molar-refractivity contribution in [2.75, 3.05) is 13.1 Å². The number of aryl methyl sites for hydroxylation is 1. The molecule has 4 atom stereocenters. The summed E-state index contributed by atoms with van der Waals surface area (Å²) >= 11 is 1.57. The van der Waals surface area contributed by atoms with Gasteiger partial charge in [-0.1, -0.05) is 24.3 Å². The van der Waals surface area contributed by atoms with Crippen molar-refractivity contribution in [3.63, 3.8) is 0 Å². The van der Waals surface area contributed by atoms with E-state index in [1.165, 1.54) is 6.92 Å². The van der Waals surface area contributed by atoms with Crippen molar-refractivity contribution in [3.05, 3.63) is 41.0 Å². The van der Waals surface area contributed by atoms with Gasteiger partial charge in [0.1, 0.15) is 11.9 Å². The SMILES string of the molecule is CC(=O)N1CCC[C@H]1C(=O)N1C[C@H](O)C[C@H]1C1=N[C@@](C)(c2ccc(-c3scnc3C)cc2)C(=O)N1. The summed E-state index contributed by atoms with van der Waals surface area (Å²) in [4.78, 5) is 51.9. The van der Waals surface area contributed by atoms with Gasteiger partial charge in [0.15, 0.2) is 5.54 Å². The lowest BCUT2D eigenvalue weighted by Gasteiger charge is -2.30. The maximum Gasteiger partial charge on any atom is 0.257 e. The highest BCUT2D eigenvalue weighted by Crippen LogP contribution is 2.35. The Kier molecular flexibility index (Phi) is 5.96. The predicted octanol–water partition coefficient (Wildman–Crippen LogP) is 1.83. The van der Waals surface area contributed by atoms with Crippen molar-refractivity contribution in [2.45, 2.75) is 63.8 Å². The molecule has 0 unspecified atom stereocenters. The van der Waals surface area contributed by atoms with E-state index in [-0.39, 0.29) is 30.7 Å². The third kappa shape index (κ3) is 4.04. The molecule has 0 saturated carbocycles. The summed E-state index contributed by atoms with van der Waals surface area (Å²) in [7, 11) is 0. The molecule has 3 aliphatic rings. The fourth-order valence-electron chi connectivity index (χ4n) is 5.34. The molecule has 0 spiro atoms. The Morgan fingerprint density at radius 1 is 1.23 bits per heavy atom. The molecule has 5 rings (SSSR count). The number of aliphatic imine (C=N–C) groups is 1. The number of hydrogen-bond acceptors (Lipinski definition) is 7. The van der Waals surface area contributed by atoms with Gasteiger partial charge < -0.3 is 20.2 Å². The molecule has 2 fully saturated rings. The van der Waals surface area contributed by atoms with Crippen LogP contribution in [0.1, 0.15) is 44.4 Å². The van der Waals surface area contributed by atoms with Crippen LogP contribution in [0.5, 0.6) is 0 Å². The van der Waals surface area contributed by atoms with Crippen molar-refractivity contribution < 1.29 is 19.5 Å². The molecular formula is C25H29N5O4S. The number of β-amino-alcohol motifs (C(OH)–C–C–N with tert-alkyl or cyclic N) is 1. The quantitative estimate of drug-likeness (QED) is 0.672. The fraction of sp³-hybridized carbons (Fsp3) is 0.480. The van der Waals surface area contributed by atoms with Crippen molar-refractivity contribution in [1.29, 1.82) is 0 Å². The molecular weight excluding hydrogens is 466 g/mol. The summed E-state index contributed by atoms with van der Waals surface area (Å²) in [5.41, 5.74) is 3.40. The van der Waals surface area contributed by atoms with Crippen LogP contribution in [0.4, 0.5) is 0 Å². The Bertz CT molecular complexity index is 1210. The van der Waals surface area contributed by atoms with Gasteiger partial charge in [0.25, 0.3) is 5.91 Å². The number of hydrogen-bond donors (Lipinski definition) is 2. The molecule has 1 aromatic heterocycles. The molecule has 0 radical (unpaired) electrons. The second-order valence-corrected chi connectivity index (χ2v) is 10.5. The van der Waals surface area contributed by atoms with Gasteiger partial charge in [-0.25, -0.2) is 9.98 Å². The Morgan fingerprint density at radius 3 is 2.63 bits per heavy atom. The number of thiazole rings is 1. The highest BCUT2D eigenvalue weighted by Gasteiger charge is 2.48. The smallest absolute Gasteiger partial charge is 0.257 e. The average molecular weight is 496 g/mol. The lowest BCUT2D eigenvalue weighted by Crippen LogP contribution is -2.52. The van der Waals surface area contributed by atoms with Crippen molar-refractivity contribution in [2.24, 2.45) is 4.99 Å². The molecule has 0 aliphatic carbocycles. The average Bonchev–Trinajstić information content (AvgIpc) is 3.61. The van der Waals surface area contributed by atoms with Crippen LogP contribution < -0.4 is 5.32 Å². The maximum absolute atomic E-state index is 13.4. The molecule has 9 nitrogen and oxygen atoms in total. The summed E-state index contributed by atoms with van der Waals surface area (Å²) in [6.45, 7) is 5.90. The Labute approximate surface area is 207 Å². The van der Waals surface area contributed by atoms with Crippen LogP contribution >= 0.6 is 11.3 Å². The second kappa shape index (κ2) is 8.83. The summed E-state index contributed by atoms with van der Waals surface area (Å²) < 4.78 is 0. The molecule has 3 aliphatic heterocycles. The maximum atomic E-state index is 13.4. The lowest BCUT2D eigenvalue weighted by atomic mass is 9.91. The molecule has 184 valence electrons. The first-order valence-corrected chi connectivity index (χ1v) is 12.7. The number of aromatic nitrogens is 1. The summed E-state index contributed by atoms with van der Waals surface area (Å²) in [6, 6.07) is 6.65. The zero-order valence-corrected chi connectivity index (χ0v) is 20.8. The third-order valence-electron chi connectivity index (χ3n) is 7.30. The minimum absolute atomic E-state index is 0.131. The number of carbonyl (C=O) groups is 3. The minimum Gasteiger partial charge on any atom is -0.391 e. The van der Waals surface area contributed by atoms with E-state index >= 15 is 0 Å². The summed E-state index contributed by atoms with van der Waals surface area (Å²) in [6.07, 6.45) is 0.936. The van der Waals surface area contributed by atoms with Gasteiger partial charge in [-0.05, 0) is 37.8 Å². The van der Waals surface area contributed by atoms with E-state index in [1.54, 1.807) is 28.1 Å². The van der Waals surface area contributed by atoms with E-state index < -0.39 is 23.7 Å². The van der Waals surface area contributed by atoms with Gasteiger partial charge in [0, 0.05) is 26.4 Å². The third-order valence-corrected chi connectivity index (χ3v) is 8.28. The zero-order chi connectivity index (χ0) is 24.9. The predicted molar refractivity (Wildman–Crippen MR) is 132 cm³/mol. The van der Waals surface area contributed by atoms with Crippen LogP contribution in [0, 0.1) is 6.92 Å². The molecule has 10 heteroatoms. The van der Waals surface area contributed by atoms with Crippen molar-refractivity contribution in [1.82, 2.24) is 20.1 Å². The molecule has 2 saturated heterocycles. The van der Waals surface area contributed by atoms with Crippen LogP contribution in [-0.4, -0.2) is 74.7 Å². The van der Waals surface area contributed by atoms with E-state index in [0.29, 0.717) is 18.8 Å². The first-order chi connectivity index (χ1) is 16.7. The molecule has 0 bridgehead atoms. The first-order valence-electron chi connectivity index (χ1n) is 11.9. The van der Waals surface area contributed by atoms with Gasteiger partial charge >= 0.3 is 0 Å². The molecule has 3 amide bonds. The van der Waals surface area contributed by atoms with E-state index in [9.17, 15) is 19.5 Å². The second-order valence-electron chi connectivity index (χ2n) is 9.63. The molecule has 2 aromatic rings. The number of nitrogens with zero attached hydrogens (tertiary/aromatic N) is 4. The molecule has 4 heterocycles. The summed E-state index contributed by atoms with van der Waals surface area (Å²) in [5.74, 6) is -0.214. The normalized spacial score (nSPS) is 28.4. The Morgan fingerprint density at radius 2 is 1.97 bits per heavy atom. The first kappa shape index (κ1) is 23.6. The van der Waals surface area contributed by atoms with Gasteiger partial charge in [-0.3, -0.25) is 14.4 Å². The van der Waals surface area contributed by atoms with E-state index in [1.807, 2.05) is 36.7 Å². The van der Waals surface area contributed by atoms with E-state index in [2.05, 4.69) is 10.3 Å². The van der Waals surface area contributed by atoms with Gasteiger partial charge in [-0.2, -0.15) is 0 Å². The number of aliphatic hydroxyl groups is 1. The highest BCUT2D eigenvalue weighted by atomic mass is 32.1. The number of nitrogens with one attached hydrogen (secondary N) is 1. The van der Waals surface area contributed by atoms with E-state index in [4.69, 9.17) is 4.99 Å². The van der Waals surface area contributed by atoms with Gasteiger partial charge in [0.2, 0.25) is 11.8 Å². The molecule has 1 aromatic carbocycles. The van der Waals surface area contributed by atoms with Crippen LogP contribution in [0.15, 0.2) is 34.8 Å². The lowest BCUT2D eigenvalue weighted by molar-refractivity contribution is -0.142. The van der Waals surface area contributed by atoms with Crippen LogP contribution in [0.2, 0.25) is 0 Å². The number of aliphatic hydroxyl groups excluding tert-OH is 1. The number of amidine groups is 1. The largest absolute Gasteiger partial charge is 0.391 e. The van der Waals surface area contributed by atoms with Gasteiger partial charge in [-0.15, -0.1) is 11.3 Å². The van der Waals surface area contributed by atoms with E-state index in [0.717, 1.165) is 28.1 Å². The van der Waals surface area contributed by atoms with Crippen LogP contribution in [-0.2, 0) is 19.9 Å².